The van der Waals surface area contributed by atoms with Gasteiger partial charge in [0.15, 0.2) is 0 Å². The predicted octanol–water partition coefficient (Wildman–Crippen LogP) is 2.82. The van der Waals surface area contributed by atoms with Crippen LogP contribution in [0.2, 0.25) is 0 Å². The summed E-state index contributed by atoms with van der Waals surface area (Å²) < 4.78 is 0. The van der Waals surface area contributed by atoms with Crippen LogP contribution in [0, 0.1) is 13.8 Å². The Labute approximate surface area is 90.9 Å². The number of nitrogens with zero attached hydrogens (tertiary/aromatic N) is 1. The second-order valence-electron chi connectivity index (χ2n) is 4.50. The molecule has 1 amide bonds. The number of hydrogen-bond donors (Lipinski definition) is 0. The summed E-state index contributed by atoms with van der Waals surface area (Å²) in [6.45, 7) is 6.26. The van der Waals surface area contributed by atoms with Gasteiger partial charge in [0.1, 0.15) is 0 Å². The summed E-state index contributed by atoms with van der Waals surface area (Å²) >= 11 is 0. The van der Waals surface area contributed by atoms with Crippen LogP contribution in [-0.2, 0) is 4.79 Å². The third-order valence-electron chi connectivity index (χ3n) is 2.97. The SMILES string of the molecule is Cc1cc(C)cc(N2C(=O)CC[C@@H]2C)c1. The van der Waals surface area contributed by atoms with E-state index in [-0.39, 0.29) is 5.91 Å². The fourth-order valence-electron chi connectivity index (χ4n) is 2.32. The highest BCUT2D eigenvalue weighted by Gasteiger charge is 2.28. The summed E-state index contributed by atoms with van der Waals surface area (Å²) in [5.41, 5.74) is 3.50. The van der Waals surface area contributed by atoms with Crippen molar-refractivity contribution in [2.45, 2.75) is 39.7 Å². The first-order chi connectivity index (χ1) is 7.08. The van der Waals surface area contributed by atoms with Crippen molar-refractivity contribution in [1.82, 2.24) is 0 Å². The van der Waals surface area contributed by atoms with Crippen LogP contribution < -0.4 is 4.90 Å². The average Bonchev–Trinajstić information content (AvgIpc) is 2.44. The summed E-state index contributed by atoms with van der Waals surface area (Å²) in [4.78, 5) is 13.7. The quantitative estimate of drug-likeness (QED) is 0.687. The molecule has 1 aliphatic heterocycles. The first-order valence-electron chi connectivity index (χ1n) is 5.48. The molecule has 0 spiro atoms. The number of aryl methyl sites for hydroxylation is 2. The predicted molar refractivity (Wildman–Crippen MR) is 62.1 cm³/mol. The molecule has 2 rings (SSSR count). The smallest absolute Gasteiger partial charge is 0.227 e. The van der Waals surface area contributed by atoms with Crippen molar-refractivity contribution in [1.29, 1.82) is 0 Å². The zero-order valence-electron chi connectivity index (χ0n) is 9.58. The summed E-state index contributed by atoms with van der Waals surface area (Å²) in [6, 6.07) is 6.66. The highest BCUT2D eigenvalue weighted by Crippen LogP contribution is 2.27. The van der Waals surface area contributed by atoms with Crippen molar-refractivity contribution in [3.05, 3.63) is 29.3 Å². The van der Waals surface area contributed by atoms with Gasteiger partial charge in [-0.25, -0.2) is 0 Å². The number of carbonyl (C=O) groups excluding carboxylic acids is 1. The Hall–Kier alpha value is -1.31. The molecule has 0 saturated carbocycles. The minimum absolute atomic E-state index is 0.257. The fraction of sp³-hybridized carbons (Fsp3) is 0.462. The molecule has 0 unspecified atom stereocenters. The zero-order valence-corrected chi connectivity index (χ0v) is 9.58. The minimum atomic E-state index is 0.257. The van der Waals surface area contributed by atoms with Crippen LogP contribution in [-0.4, -0.2) is 11.9 Å². The molecule has 2 nitrogen and oxygen atoms in total. The van der Waals surface area contributed by atoms with E-state index in [1.165, 1.54) is 11.1 Å². The van der Waals surface area contributed by atoms with Crippen LogP contribution >= 0.6 is 0 Å². The Bertz CT molecular complexity index is 377. The summed E-state index contributed by atoms with van der Waals surface area (Å²) in [5, 5.41) is 0. The number of hydrogen-bond acceptors (Lipinski definition) is 1. The van der Waals surface area contributed by atoms with E-state index in [0.29, 0.717) is 12.5 Å². The molecular formula is C13H17NO. The first-order valence-corrected chi connectivity index (χ1v) is 5.48. The molecule has 0 N–H and O–H groups in total. The lowest BCUT2D eigenvalue weighted by molar-refractivity contribution is -0.117. The van der Waals surface area contributed by atoms with E-state index in [1.807, 2.05) is 4.90 Å². The normalized spacial score (nSPS) is 21.1. The standard InChI is InChI=1S/C13H17NO/c1-9-6-10(2)8-12(7-9)14-11(3)4-5-13(14)15/h6-8,11H,4-5H2,1-3H3/t11-/m0/s1. The molecule has 0 radical (unpaired) electrons. The molecule has 1 heterocycles. The second-order valence-corrected chi connectivity index (χ2v) is 4.50. The van der Waals surface area contributed by atoms with Gasteiger partial charge in [-0.15, -0.1) is 0 Å². The van der Waals surface area contributed by atoms with Gasteiger partial charge in [-0.1, -0.05) is 6.07 Å². The molecule has 1 aromatic carbocycles. The van der Waals surface area contributed by atoms with Crippen molar-refractivity contribution in [3.8, 4) is 0 Å². The van der Waals surface area contributed by atoms with Crippen LogP contribution in [0.3, 0.4) is 0 Å². The van der Waals surface area contributed by atoms with E-state index in [0.717, 1.165) is 12.1 Å². The number of carbonyl (C=O) groups is 1. The van der Waals surface area contributed by atoms with Crippen LogP contribution in [0.1, 0.15) is 30.9 Å². The molecule has 0 aliphatic carbocycles. The summed E-state index contributed by atoms with van der Waals surface area (Å²) in [6.07, 6.45) is 1.67. The van der Waals surface area contributed by atoms with Crippen LogP contribution in [0.15, 0.2) is 18.2 Å². The van der Waals surface area contributed by atoms with Gasteiger partial charge in [-0.05, 0) is 50.5 Å². The van der Waals surface area contributed by atoms with Crippen LogP contribution in [0.5, 0.6) is 0 Å². The van der Waals surface area contributed by atoms with E-state index >= 15 is 0 Å². The molecule has 1 atom stereocenters. The molecule has 1 fully saturated rings. The maximum atomic E-state index is 11.7. The first kappa shape index (κ1) is 10.2. The molecule has 1 aromatic rings. The molecular weight excluding hydrogens is 186 g/mol. The van der Waals surface area contributed by atoms with Gasteiger partial charge in [0.25, 0.3) is 0 Å². The van der Waals surface area contributed by atoms with E-state index in [1.54, 1.807) is 0 Å². The van der Waals surface area contributed by atoms with Gasteiger partial charge in [-0.3, -0.25) is 4.79 Å². The number of rotatable bonds is 1. The number of benzene rings is 1. The number of amides is 1. The zero-order chi connectivity index (χ0) is 11.0. The van der Waals surface area contributed by atoms with Gasteiger partial charge in [0, 0.05) is 18.2 Å². The van der Waals surface area contributed by atoms with Crippen LogP contribution in [0.25, 0.3) is 0 Å². The van der Waals surface area contributed by atoms with Crippen molar-refractivity contribution < 1.29 is 4.79 Å². The lowest BCUT2D eigenvalue weighted by atomic mass is 10.1. The molecule has 1 aliphatic rings. The monoisotopic (exact) mass is 203 g/mol. The van der Waals surface area contributed by atoms with Gasteiger partial charge in [0.2, 0.25) is 5.91 Å². The molecule has 0 aromatic heterocycles. The highest BCUT2D eigenvalue weighted by molar-refractivity contribution is 5.96. The minimum Gasteiger partial charge on any atom is -0.310 e. The third-order valence-corrected chi connectivity index (χ3v) is 2.97. The lowest BCUT2D eigenvalue weighted by Gasteiger charge is -2.22. The Morgan fingerprint density at radius 3 is 2.27 bits per heavy atom. The van der Waals surface area contributed by atoms with Crippen molar-refractivity contribution in [2.75, 3.05) is 4.90 Å². The summed E-state index contributed by atoms with van der Waals surface area (Å²) in [7, 11) is 0. The Morgan fingerprint density at radius 2 is 1.80 bits per heavy atom. The number of anilines is 1. The van der Waals surface area contributed by atoms with E-state index in [4.69, 9.17) is 0 Å². The lowest BCUT2D eigenvalue weighted by Crippen LogP contribution is -2.30. The van der Waals surface area contributed by atoms with Crippen molar-refractivity contribution >= 4 is 11.6 Å². The van der Waals surface area contributed by atoms with E-state index < -0.39 is 0 Å². The Morgan fingerprint density at radius 1 is 1.20 bits per heavy atom. The van der Waals surface area contributed by atoms with Crippen molar-refractivity contribution in [3.63, 3.8) is 0 Å². The largest absolute Gasteiger partial charge is 0.310 e. The molecule has 0 bridgehead atoms. The van der Waals surface area contributed by atoms with E-state index in [2.05, 4.69) is 39.0 Å². The maximum Gasteiger partial charge on any atom is 0.227 e. The third kappa shape index (κ3) is 1.89. The van der Waals surface area contributed by atoms with Gasteiger partial charge < -0.3 is 4.90 Å². The maximum absolute atomic E-state index is 11.7. The summed E-state index contributed by atoms with van der Waals surface area (Å²) in [5.74, 6) is 0.257. The molecule has 15 heavy (non-hydrogen) atoms. The molecule has 80 valence electrons. The highest BCUT2D eigenvalue weighted by atomic mass is 16.2. The van der Waals surface area contributed by atoms with Gasteiger partial charge in [-0.2, -0.15) is 0 Å². The van der Waals surface area contributed by atoms with Crippen molar-refractivity contribution in [2.24, 2.45) is 0 Å². The Balaban J connectivity index is 2.40. The fourth-order valence-corrected chi connectivity index (χ4v) is 2.32. The Kier molecular flexibility index (Phi) is 2.51. The molecule has 1 saturated heterocycles. The van der Waals surface area contributed by atoms with E-state index in [9.17, 15) is 4.79 Å². The van der Waals surface area contributed by atoms with Gasteiger partial charge in [0.05, 0.1) is 0 Å². The molecule has 2 heteroatoms. The average molecular weight is 203 g/mol. The van der Waals surface area contributed by atoms with Crippen LogP contribution in [0.4, 0.5) is 5.69 Å². The second kappa shape index (κ2) is 3.69. The van der Waals surface area contributed by atoms with Gasteiger partial charge >= 0.3 is 0 Å². The topological polar surface area (TPSA) is 20.3 Å².